The van der Waals surface area contributed by atoms with Crippen molar-refractivity contribution >= 4 is 33.0 Å². The number of amides is 1. The van der Waals surface area contributed by atoms with Crippen LogP contribution >= 0.6 is 0 Å². The Morgan fingerprint density at radius 3 is 2.44 bits per heavy atom. The summed E-state index contributed by atoms with van der Waals surface area (Å²) in [6.07, 6.45) is 1.99. The van der Waals surface area contributed by atoms with E-state index in [0.29, 0.717) is 23.4 Å². The predicted octanol–water partition coefficient (Wildman–Crippen LogP) is 2.29. The van der Waals surface area contributed by atoms with Crippen molar-refractivity contribution in [1.29, 1.82) is 0 Å². The fraction of sp³-hybridized carbons (Fsp3) is 0.316. The number of carbonyl (C=O) groups is 2. The number of benzene rings is 1. The Hall–Kier alpha value is -2.74. The molecule has 1 saturated heterocycles. The van der Waals surface area contributed by atoms with Crippen molar-refractivity contribution in [1.82, 2.24) is 9.88 Å². The topological polar surface area (TPSA) is 96.4 Å². The normalized spacial score (nSPS) is 18.1. The second-order valence-corrected chi connectivity index (χ2v) is 8.89. The number of hydrogen-bond acceptors (Lipinski definition) is 6. The van der Waals surface area contributed by atoms with Gasteiger partial charge in [-0.2, -0.15) is 0 Å². The van der Waals surface area contributed by atoms with Crippen LogP contribution < -0.4 is 5.32 Å². The van der Waals surface area contributed by atoms with Crippen LogP contribution in [0.25, 0.3) is 0 Å². The van der Waals surface area contributed by atoms with Gasteiger partial charge in [0.2, 0.25) is 0 Å². The molecule has 7 nitrogen and oxygen atoms in total. The van der Waals surface area contributed by atoms with Gasteiger partial charge in [-0.25, -0.2) is 13.4 Å². The number of ketones is 1. The standard InChI is InChI=1S/C19H21N3O4S/c1-13(23)14-3-5-16(6-4-14)21-18-11-15(7-9-20-18)19(24)22(2)17-8-10-27(25,26)12-17/h3-7,9,11,17H,8,10,12H2,1-2H3,(H,20,21). The van der Waals surface area contributed by atoms with Gasteiger partial charge in [-0.05, 0) is 49.7 Å². The van der Waals surface area contributed by atoms with Gasteiger partial charge >= 0.3 is 0 Å². The number of aromatic nitrogens is 1. The molecule has 142 valence electrons. The van der Waals surface area contributed by atoms with Crippen LogP contribution in [0.3, 0.4) is 0 Å². The highest BCUT2D eigenvalue weighted by atomic mass is 32.2. The molecular formula is C19H21N3O4S. The molecule has 0 saturated carbocycles. The van der Waals surface area contributed by atoms with E-state index in [2.05, 4.69) is 10.3 Å². The fourth-order valence-electron chi connectivity index (χ4n) is 3.02. The van der Waals surface area contributed by atoms with Gasteiger partial charge in [0.1, 0.15) is 5.82 Å². The van der Waals surface area contributed by atoms with Crippen LogP contribution in [-0.4, -0.2) is 54.6 Å². The lowest BCUT2D eigenvalue weighted by molar-refractivity contribution is 0.0747. The molecule has 0 spiro atoms. The van der Waals surface area contributed by atoms with Crippen LogP contribution in [-0.2, 0) is 9.84 Å². The van der Waals surface area contributed by atoms with Crippen LogP contribution in [0.15, 0.2) is 42.6 Å². The van der Waals surface area contributed by atoms with Crippen molar-refractivity contribution in [2.45, 2.75) is 19.4 Å². The smallest absolute Gasteiger partial charge is 0.254 e. The number of pyridine rings is 1. The van der Waals surface area contributed by atoms with Gasteiger partial charge in [0, 0.05) is 36.1 Å². The average molecular weight is 387 g/mol. The van der Waals surface area contributed by atoms with Crippen LogP contribution in [0.1, 0.15) is 34.1 Å². The number of Topliss-reactive ketones (excluding diaryl/α,β-unsaturated/α-hetero) is 1. The number of rotatable bonds is 5. The zero-order valence-corrected chi connectivity index (χ0v) is 16.0. The lowest BCUT2D eigenvalue weighted by atomic mass is 10.1. The molecule has 0 aliphatic carbocycles. The number of hydrogen-bond donors (Lipinski definition) is 1. The Bertz CT molecular complexity index is 971. The third kappa shape index (κ3) is 4.51. The number of carbonyl (C=O) groups excluding carboxylic acids is 2. The second kappa shape index (κ2) is 7.48. The Balaban J connectivity index is 1.73. The lowest BCUT2D eigenvalue weighted by Gasteiger charge is -2.23. The van der Waals surface area contributed by atoms with E-state index in [1.807, 2.05) is 0 Å². The van der Waals surface area contributed by atoms with Crippen LogP contribution in [0.5, 0.6) is 0 Å². The molecule has 8 heteroatoms. The number of nitrogens with zero attached hydrogens (tertiary/aromatic N) is 2. The summed E-state index contributed by atoms with van der Waals surface area (Å²) in [6, 6.07) is 9.89. The van der Waals surface area contributed by atoms with Crippen molar-refractivity contribution < 1.29 is 18.0 Å². The van der Waals surface area contributed by atoms with E-state index in [1.54, 1.807) is 43.4 Å². The summed E-state index contributed by atoms with van der Waals surface area (Å²) in [7, 11) is -1.43. The summed E-state index contributed by atoms with van der Waals surface area (Å²) < 4.78 is 23.3. The summed E-state index contributed by atoms with van der Waals surface area (Å²) in [5, 5.41) is 3.10. The maximum absolute atomic E-state index is 12.7. The van der Waals surface area contributed by atoms with E-state index < -0.39 is 9.84 Å². The van der Waals surface area contributed by atoms with Gasteiger partial charge in [-0.15, -0.1) is 0 Å². The van der Waals surface area contributed by atoms with Gasteiger partial charge in [0.15, 0.2) is 15.6 Å². The molecule has 27 heavy (non-hydrogen) atoms. The number of sulfone groups is 1. The summed E-state index contributed by atoms with van der Waals surface area (Å²) in [6.45, 7) is 1.51. The largest absolute Gasteiger partial charge is 0.340 e. The molecule has 1 N–H and O–H groups in total. The summed E-state index contributed by atoms with van der Waals surface area (Å²) in [5.41, 5.74) is 1.79. The fourth-order valence-corrected chi connectivity index (χ4v) is 4.79. The first-order valence-corrected chi connectivity index (χ1v) is 10.4. The summed E-state index contributed by atoms with van der Waals surface area (Å²) >= 11 is 0. The highest BCUT2D eigenvalue weighted by molar-refractivity contribution is 7.91. The van der Waals surface area contributed by atoms with Gasteiger partial charge in [-0.3, -0.25) is 9.59 Å². The Morgan fingerprint density at radius 1 is 1.15 bits per heavy atom. The van der Waals surface area contributed by atoms with Gasteiger partial charge < -0.3 is 10.2 Å². The molecule has 0 bridgehead atoms. The monoisotopic (exact) mass is 387 g/mol. The predicted molar refractivity (Wildman–Crippen MR) is 103 cm³/mol. The highest BCUT2D eigenvalue weighted by Crippen LogP contribution is 2.21. The second-order valence-electron chi connectivity index (χ2n) is 6.66. The minimum Gasteiger partial charge on any atom is -0.340 e. The van der Waals surface area contributed by atoms with Crippen molar-refractivity contribution in [3.8, 4) is 0 Å². The Kier molecular flexibility index (Phi) is 5.27. The van der Waals surface area contributed by atoms with Crippen molar-refractivity contribution in [3.63, 3.8) is 0 Å². The first-order chi connectivity index (χ1) is 12.7. The van der Waals surface area contributed by atoms with Gasteiger partial charge in [-0.1, -0.05) is 0 Å². The molecule has 3 rings (SSSR count). The maximum atomic E-state index is 12.7. The number of anilines is 2. The van der Waals surface area contributed by atoms with E-state index in [4.69, 9.17) is 0 Å². The Labute approximate surface area is 158 Å². The van der Waals surface area contributed by atoms with E-state index in [0.717, 1.165) is 5.69 Å². The molecule has 2 heterocycles. The zero-order valence-electron chi connectivity index (χ0n) is 15.2. The number of nitrogens with one attached hydrogen (secondary N) is 1. The molecule has 1 aromatic carbocycles. The molecule has 2 aromatic rings. The minimum absolute atomic E-state index is 0.00787. The molecule has 1 unspecified atom stereocenters. The lowest BCUT2D eigenvalue weighted by Crippen LogP contribution is -2.37. The molecule has 1 amide bonds. The van der Waals surface area contributed by atoms with Gasteiger partial charge in [0.25, 0.3) is 5.91 Å². The van der Waals surface area contributed by atoms with Crippen molar-refractivity contribution in [2.75, 3.05) is 23.9 Å². The SMILES string of the molecule is CC(=O)c1ccc(Nc2cc(C(=O)N(C)C3CCS(=O)(=O)C3)ccn2)cc1. The van der Waals surface area contributed by atoms with E-state index in [-0.39, 0.29) is 29.2 Å². The average Bonchev–Trinajstić information content (AvgIpc) is 3.01. The van der Waals surface area contributed by atoms with Gasteiger partial charge in [0.05, 0.1) is 11.5 Å². The summed E-state index contributed by atoms with van der Waals surface area (Å²) in [5.74, 6) is 0.366. The van der Waals surface area contributed by atoms with E-state index >= 15 is 0 Å². The molecule has 1 fully saturated rings. The van der Waals surface area contributed by atoms with Crippen molar-refractivity contribution in [2.24, 2.45) is 0 Å². The minimum atomic E-state index is -3.06. The van der Waals surface area contributed by atoms with Crippen molar-refractivity contribution in [3.05, 3.63) is 53.7 Å². The third-order valence-electron chi connectivity index (χ3n) is 4.65. The molecule has 1 atom stereocenters. The van der Waals surface area contributed by atoms with Crippen LogP contribution in [0, 0.1) is 0 Å². The first kappa shape index (κ1) is 19.0. The molecule has 1 aliphatic rings. The molecule has 0 radical (unpaired) electrons. The van der Waals surface area contributed by atoms with E-state index in [9.17, 15) is 18.0 Å². The van der Waals surface area contributed by atoms with Crippen LogP contribution in [0.2, 0.25) is 0 Å². The molecule has 1 aliphatic heterocycles. The molecule has 1 aromatic heterocycles. The molecular weight excluding hydrogens is 366 g/mol. The van der Waals surface area contributed by atoms with Crippen LogP contribution in [0.4, 0.5) is 11.5 Å². The zero-order chi connectivity index (χ0) is 19.6. The highest BCUT2D eigenvalue weighted by Gasteiger charge is 2.33. The first-order valence-electron chi connectivity index (χ1n) is 8.57. The van der Waals surface area contributed by atoms with E-state index in [1.165, 1.54) is 18.0 Å². The summed E-state index contributed by atoms with van der Waals surface area (Å²) in [4.78, 5) is 29.7. The quantitative estimate of drug-likeness (QED) is 0.791. The third-order valence-corrected chi connectivity index (χ3v) is 6.40. The maximum Gasteiger partial charge on any atom is 0.254 e. The Morgan fingerprint density at radius 2 is 1.85 bits per heavy atom.